The number of carbonyl (C=O) groups excluding carboxylic acids is 1. The molecule has 1 aliphatic rings. The fourth-order valence-corrected chi connectivity index (χ4v) is 2.14. The smallest absolute Gasteiger partial charge is 0.428 e. The molecule has 0 amide bonds. The Bertz CT molecular complexity index is 879. The van der Waals surface area contributed by atoms with E-state index >= 15 is 0 Å². The first-order valence-corrected chi connectivity index (χ1v) is 7.38. The van der Waals surface area contributed by atoms with Crippen LogP contribution in [0.15, 0.2) is 65.3 Å². The molecule has 0 saturated heterocycles. The molecule has 0 N–H and O–H groups in total. The van der Waals surface area contributed by atoms with Crippen molar-refractivity contribution in [1.82, 2.24) is 0 Å². The number of ether oxygens (including phenoxy) is 2. The first-order chi connectivity index (χ1) is 12.3. The van der Waals surface area contributed by atoms with Crippen molar-refractivity contribution in [3.8, 4) is 5.75 Å². The second-order valence-corrected chi connectivity index (χ2v) is 5.24. The van der Waals surface area contributed by atoms with Crippen LogP contribution in [-0.4, -0.2) is 24.4 Å². The molecule has 8 heteroatoms. The van der Waals surface area contributed by atoms with Crippen molar-refractivity contribution in [2.45, 2.75) is 12.5 Å². The molecule has 0 unspecified atom stereocenters. The minimum Gasteiger partial charge on any atom is -0.428 e. The molecule has 0 aromatic heterocycles. The maximum absolute atomic E-state index is 13.0. The first kappa shape index (κ1) is 17.7. The van der Waals surface area contributed by atoms with Crippen molar-refractivity contribution >= 4 is 17.9 Å². The van der Waals surface area contributed by atoms with Crippen LogP contribution >= 0.6 is 0 Å². The summed E-state index contributed by atoms with van der Waals surface area (Å²) in [6.45, 7) is 0. The van der Waals surface area contributed by atoms with E-state index in [2.05, 4.69) is 9.73 Å². The molecule has 1 aliphatic heterocycles. The van der Waals surface area contributed by atoms with E-state index in [0.29, 0.717) is 5.56 Å². The van der Waals surface area contributed by atoms with Gasteiger partial charge in [-0.15, -0.1) is 0 Å². The lowest BCUT2D eigenvalue weighted by atomic mass is 10.2. The van der Waals surface area contributed by atoms with Gasteiger partial charge < -0.3 is 9.47 Å². The van der Waals surface area contributed by atoms with Crippen molar-refractivity contribution < 1.29 is 31.8 Å². The zero-order valence-corrected chi connectivity index (χ0v) is 13.0. The largest absolute Gasteiger partial charge is 0.461 e. The van der Waals surface area contributed by atoms with Gasteiger partial charge in [-0.3, -0.25) is 0 Å². The summed E-state index contributed by atoms with van der Waals surface area (Å²) < 4.78 is 59.5. The maximum atomic E-state index is 13.0. The van der Waals surface area contributed by atoms with Crippen molar-refractivity contribution in [2.24, 2.45) is 4.99 Å². The fourth-order valence-electron chi connectivity index (χ4n) is 2.14. The molecule has 0 spiro atoms. The highest BCUT2D eigenvalue weighted by Crippen LogP contribution is 2.28. The lowest BCUT2D eigenvalue weighted by Gasteiger charge is -2.16. The molecule has 1 heterocycles. The third kappa shape index (κ3) is 3.90. The minimum atomic E-state index is -4.61. The monoisotopic (exact) mass is 365 g/mol. The second kappa shape index (κ2) is 6.99. The number of aliphatic imine (C=N–C) groups is 1. The SMILES string of the molecule is O=C1OC(c2ccccc2)=N/C1=C\c1cccc(OC(F)(F)C(F)F)c1. The molecule has 0 aliphatic carbocycles. The van der Waals surface area contributed by atoms with Gasteiger partial charge in [-0.1, -0.05) is 30.3 Å². The standard InChI is InChI=1S/C18H11F4NO3/c19-17(20)18(21,22)26-13-8-4-5-11(9-13)10-14-16(24)25-15(23-14)12-6-2-1-3-7-12/h1-10,17H/b14-10-. The Labute approximate surface area is 145 Å². The number of hydrogen-bond donors (Lipinski definition) is 0. The molecular formula is C18H11F4NO3. The summed E-state index contributed by atoms with van der Waals surface area (Å²) in [4.78, 5) is 16.0. The van der Waals surface area contributed by atoms with Crippen molar-refractivity contribution in [3.63, 3.8) is 0 Å². The molecule has 3 rings (SSSR count). The Morgan fingerprint density at radius 3 is 2.50 bits per heavy atom. The zero-order valence-electron chi connectivity index (χ0n) is 13.0. The first-order valence-electron chi connectivity index (χ1n) is 7.38. The summed E-state index contributed by atoms with van der Waals surface area (Å²) in [6.07, 6.45) is -7.30. The Morgan fingerprint density at radius 2 is 1.81 bits per heavy atom. The molecule has 2 aromatic rings. The van der Waals surface area contributed by atoms with Gasteiger partial charge in [0.05, 0.1) is 0 Å². The van der Waals surface area contributed by atoms with Crippen LogP contribution in [0.3, 0.4) is 0 Å². The second-order valence-electron chi connectivity index (χ2n) is 5.24. The van der Waals surface area contributed by atoms with E-state index in [4.69, 9.17) is 4.74 Å². The van der Waals surface area contributed by atoms with E-state index in [1.54, 1.807) is 30.3 Å². The Hall–Kier alpha value is -3.16. The quantitative estimate of drug-likeness (QED) is 0.452. The third-order valence-electron chi connectivity index (χ3n) is 3.31. The fraction of sp³-hybridized carbons (Fsp3) is 0.111. The summed E-state index contributed by atoms with van der Waals surface area (Å²) in [5.74, 6) is -1.07. The van der Waals surface area contributed by atoms with E-state index in [1.807, 2.05) is 0 Å². The number of carbonyl (C=O) groups is 1. The van der Waals surface area contributed by atoms with Gasteiger partial charge in [0.1, 0.15) is 5.75 Å². The summed E-state index contributed by atoms with van der Waals surface area (Å²) in [5.41, 5.74) is 0.803. The molecular weight excluding hydrogens is 354 g/mol. The van der Waals surface area contributed by atoms with Crippen LogP contribution < -0.4 is 4.74 Å². The number of alkyl halides is 4. The predicted octanol–water partition coefficient (Wildman–Crippen LogP) is 4.27. The molecule has 0 fully saturated rings. The number of cyclic esters (lactones) is 1. The van der Waals surface area contributed by atoms with Gasteiger partial charge in [0, 0.05) is 5.56 Å². The highest BCUT2D eigenvalue weighted by Gasteiger charge is 2.43. The van der Waals surface area contributed by atoms with Crippen LogP contribution in [0.25, 0.3) is 6.08 Å². The van der Waals surface area contributed by atoms with Crippen LogP contribution in [-0.2, 0) is 9.53 Å². The van der Waals surface area contributed by atoms with Gasteiger partial charge in [0.15, 0.2) is 5.70 Å². The van der Waals surface area contributed by atoms with E-state index in [9.17, 15) is 22.4 Å². The van der Waals surface area contributed by atoms with Gasteiger partial charge in [-0.2, -0.15) is 17.6 Å². The van der Waals surface area contributed by atoms with E-state index in [1.165, 1.54) is 18.2 Å². The van der Waals surface area contributed by atoms with Crippen LogP contribution in [0, 0.1) is 0 Å². The van der Waals surface area contributed by atoms with Crippen LogP contribution in [0.5, 0.6) is 5.75 Å². The number of esters is 1. The number of benzene rings is 2. The molecule has 0 saturated carbocycles. The predicted molar refractivity (Wildman–Crippen MR) is 85.1 cm³/mol. The number of nitrogens with zero attached hydrogens (tertiary/aromatic N) is 1. The Balaban J connectivity index is 1.85. The molecule has 2 aromatic carbocycles. The van der Waals surface area contributed by atoms with E-state index in [0.717, 1.165) is 12.1 Å². The third-order valence-corrected chi connectivity index (χ3v) is 3.31. The minimum absolute atomic E-state index is 0.0541. The number of halogens is 4. The summed E-state index contributed by atoms with van der Waals surface area (Å²) in [5, 5.41) is 0. The summed E-state index contributed by atoms with van der Waals surface area (Å²) >= 11 is 0. The topological polar surface area (TPSA) is 47.9 Å². The van der Waals surface area contributed by atoms with Crippen molar-refractivity contribution in [3.05, 3.63) is 71.4 Å². The Morgan fingerprint density at radius 1 is 1.08 bits per heavy atom. The van der Waals surface area contributed by atoms with E-state index in [-0.39, 0.29) is 17.2 Å². The normalized spacial score (nSPS) is 16.0. The van der Waals surface area contributed by atoms with E-state index < -0.39 is 24.3 Å². The van der Waals surface area contributed by atoms with Gasteiger partial charge >= 0.3 is 18.5 Å². The Kier molecular flexibility index (Phi) is 4.75. The molecule has 134 valence electrons. The van der Waals surface area contributed by atoms with Crippen molar-refractivity contribution in [1.29, 1.82) is 0 Å². The lowest BCUT2D eigenvalue weighted by Crippen LogP contribution is -2.33. The van der Waals surface area contributed by atoms with Crippen molar-refractivity contribution in [2.75, 3.05) is 0 Å². The highest BCUT2D eigenvalue weighted by atomic mass is 19.3. The molecule has 26 heavy (non-hydrogen) atoms. The molecule has 0 atom stereocenters. The van der Waals surface area contributed by atoms with Crippen LogP contribution in [0.2, 0.25) is 0 Å². The average Bonchev–Trinajstić information content (AvgIpc) is 2.96. The maximum Gasteiger partial charge on any atom is 0.461 e. The van der Waals surface area contributed by atoms with Gasteiger partial charge in [0.25, 0.3) is 0 Å². The number of hydrogen-bond acceptors (Lipinski definition) is 4. The molecule has 0 bridgehead atoms. The molecule has 0 radical (unpaired) electrons. The highest BCUT2D eigenvalue weighted by molar-refractivity contribution is 6.12. The zero-order chi connectivity index (χ0) is 18.7. The number of rotatable bonds is 5. The van der Waals surface area contributed by atoms with Crippen LogP contribution in [0.1, 0.15) is 11.1 Å². The molecule has 4 nitrogen and oxygen atoms in total. The van der Waals surface area contributed by atoms with Gasteiger partial charge in [-0.05, 0) is 35.9 Å². The summed E-state index contributed by atoms with van der Waals surface area (Å²) in [6, 6.07) is 13.7. The summed E-state index contributed by atoms with van der Waals surface area (Å²) in [7, 11) is 0. The van der Waals surface area contributed by atoms with Gasteiger partial charge in [0.2, 0.25) is 5.90 Å². The average molecular weight is 365 g/mol. The van der Waals surface area contributed by atoms with Crippen LogP contribution in [0.4, 0.5) is 17.6 Å². The lowest BCUT2D eigenvalue weighted by molar-refractivity contribution is -0.253. The van der Waals surface area contributed by atoms with Gasteiger partial charge in [-0.25, -0.2) is 9.79 Å².